The lowest BCUT2D eigenvalue weighted by Crippen LogP contribution is -2.62. The molecule has 3 aromatic rings. The summed E-state index contributed by atoms with van der Waals surface area (Å²) in [7, 11) is 0. The zero-order valence-electron chi connectivity index (χ0n) is 19.0. The molecule has 1 aliphatic heterocycles. The van der Waals surface area contributed by atoms with Gasteiger partial charge in [-0.15, -0.1) is 0 Å². The molecule has 3 aromatic carbocycles. The van der Waals surface area contributed by atoms with E-state index >= 15 is 0 Å². The molecule has 0 fully saturated rings. The smallest absolute Gasteiger partial charge is 0.114 e. The van der Waals surface area contributed by atoms with E-state index in [1.165, 1.54) is 16.8 Å². The lowest BCUT2D eigenvalue weighted by Gasteiger charge is -2.55. The first-order valence-electron chi connectivity index (χ1n) is 10.8. The summed E-state index contributed by atoms with van der Waals surface area (Å²) < 4.78 is 0. The zero-order valence-corrected chi connectivity index (χ0v) is 19.0. The van der Waals surface area contributed by atoms with Gasteiger partial charge in [-0.25, -0.2) is 4.99 Å². The standard InChI is InChI=1S/C28H32N2/c1-26(2,3)28(21-15-9-7-10-16-21)25(29-22-17-11-8-12-18-22)23-19-13-14-20-24(23)30(28)27(4,5)6/h7-20H,1-6H3. The van der Waals surface area contributed by atoms with Crippen molar-refractivity contribution in [3.8, 4) is 0 Å². The molecule has 0 saturated carbocycles. The first kappa shape index (κ1) is 20.4. The van der Waals surface area contributed by atoms with E-state index in [4.69, 9.17) is 4.99 Å². The predicted molar refractivity (Wildman–Crippen MR) is 129 cm³/mol. The van der Waals surface area contributed by atoms with Crippen LogP contribution < -0.4 is 4.90 Å². The van der Waals surface area contributed by atoms with Crippen LogP contribution in [0.1, 0.15) is 52.7 Å². The molecule has 1 unspecified atom stereocenters. The lowest BCUT2D eigenvalue weighted by molar-refractivity contribution is 0.220. The summed E-state index contributed by atoms with van der Waals surface area (Å²) in [5.74, 6) is 0. The van der Waals surface area contributed by atoms with Crippen LogP contribution in [0.15, 0.2) is 89.9 Å². The van der Waals surface area contributed by atoms with E-state index in [1.807, 2.05) is 6.07 Å². The largest absolute Gasteiger partial charge is 0.350 e. The van der Waals surface area contributed by atoms with E-state index in [0.717, 1.165) is 11.4 Å². The van der Waals surface area contributed by atoms with E-state index in [1.54, 1.807) is 0 Å². The number of hydrogen-bond donors (Lipinski definition) is 0. The van der Waals surface area contributed by atoms with E-state index in [2.05, 4.69) is 125 Å². The Morgan fingerprint density at radius 2 is 1.20 bits per heavy atom. The number of para-hydroxylation sites is 2. The van der Waals surface area contributed by atoms with Crippen LogP contribution in [-0.2, 0) is 5.54 Å². The number of aliphatic imine (C=N–C) groups is 1. The van der Waals surface area contributed by atoms with E-state index < -0.39 is 5.54 Å². The van der Waals surface area contributed by atoms with Gasteiger partial charge >= 0.3 is 0 Å². The maximum absolute atomic E-state index is 5.33. The number of hydrogen-bond acceptors (Lipinski definition) is 2. The van der Waals surface area contributed by atoms with E-state index in [0.29, 0.717) is 0 Å². The summed E-state index contributed by atoms with van der Waals surface area (Å²) in [6.07, 6.45) is 0. The van der Waals surface area contributed by atoms with Crippen molar-refractivity contribution in [3.05, 3.63) is 96.1 Å². The van der Waals surface area contributed by atoms with Gasteiger partial charge in [0.15, 0.2) is 0 Å². The molecule has 4 rings (SSSR count). The van der Waals surface area contributed by atoms with Crippen molar-refractivity contribution >= 4 is 17.1 Å². The number of anilines is 1. The van der Waals surface area contributed by atoms with Crippen LogP contribution >= 0.6 is 0 Å². The van der Waals surface area contributed by atoms with Gasteiger partial charge in [-0.2, -0.15) is 0 Å². The molecule has 0 amide bonds. The highest BCUT2D eigenvalue weighted by atomic mass is 15.3. The SMILES string of the molecule is CC(C)(C)N1c2ccccc2C(=Nc2ccccc2)C1(c1ccccc1)C(C)(C)C. The Labute approximate surface area is 181 Å². The highest BCUT2D eigenvalue weighted by Crippen LogP contribution is 2.57. The first-order valence-corrected chi connectivity index (χ1v) is 10.8. The molecule has 2 heteroatoms. The van der Waals surface area contributed by atoms with Crippen molar-refractivity contribution < 1.29 is 0 Å². The van der Waals surface area contributed by atoms with Gasteiger partial charge in [0.25, 0.3) is 0 Å². The summed E-state index contributed by atoms with van der Waals surface area (Å²) in [5, 5.41) is 0. The fraction of sp³-hybridized carbons (Fsp3) is 0.321. The number of nitrogens with zero attached hydrogens (tertiary/aromatic N) is 2. The van der Waals surface area contributed by atoms with Gasteiger partial charge in [-0.1, -0.05) is 87.5 Å². The van der Waals surface area contributed by atoms with Gasteiger partial charge in [0.1, 0.15) is 5.54 Å². The third-order valence-corrected chi connectivity index (χ3v) is 6.02. The normalized spacial score (nSPS) is 20.5. The Bertz CT molecular complexity index is 1050. The van der Waals surface area contributed by atoms with Crippen LogP contribution in [0, 0.1) is 5.41 Å². The second-order valence-corrected chi connectivity index (χ2v) is 10.1. The van der Waals surface area contributed by atoms with Crippen molar-refractivity contribution in [2.24, 2.45) is 10.4 Å². The molecule has 30 heavy (non-hydrogen) atoms. The second kappa shape index (κ2) is 7.12. The van der Waals surface area contributed by atoms with Crippen molar-refractivity contribution in [3.63, 3.8) is 0 Å². The van der Waals surface area contributed by atoms with Gasteiger partial charge < -0.3 is 4.90 Å². The highest BCUT2D eigenvalue weighted by Gasteiger charge is 2.59. The minimum absolute atomic E-state index is 0.104. The summed E-state index contributed by atoms with van der Waals surface area (Å²) >= 11 is 0. The highest BCUT2D eigenvalue weighted by molar-refractivity contribution is 6.19. The molecule has 0 saturated heterocycles. The molecule has 0 aromatic heterocycles. The van der Waals surface area contributed by atoms with E-state index in [9.17, 15) is 0 Å². The van der Waals surface area contributed by atoms with Gasteiger partial charge in [-0.05, 0) is 49.9 Å². The average molecular weight is 397 g/mol. The molecular weight excluding hydrogens is 364 g/mol. The average Bonchev–Trinajstić information content (AvgIpc) is 3.01. The van der Waals surface area contributed by atoms with Crippen LogP contribution in [0.25, 0.3) is 0 Å². The predicted octanol–water partition coefficient (Wildman–Crippen LogP) is 7.37. The van der Waals surface area contributed by atoms with Crippen molar-refractivity contribution in [1.82, 2.24) is 0 Å². The summed E-state index contributed by atoms with van der Waals surface area (Å²) in [6.45, 7) is 13.9. The maximum Gasteiger partial charge on any atom is 0.114 e. The first-order chi connectivity index (χ1) is 14.2. The molecule has 0 N–H and O–H groups in total. The molecule has 0 bridgehead atoms. The second-order valence-electron chi connectivity index (χ2n) is 10.1. The van der Waals surface area contributed by atoms with Crippen LogP contribution in [0.3, 0.4) is 0 Å². The Balaban J connectivity index is 2.16. The van der Waals surface area contributed by atoms with Gasteiger partial charge in [0.05, 0.1) is 11.4 Å². The molecule has 1 atom stereocenters. The third kappa shape index (κ3) is 3.06. The quantitative estimate of drug-likeness (QED) is 0.441. The van der Waals surface area contributed by atoms with Crippen molar-refractivity contribution in [1.29, 1.82) is 0 Å². The van der Waals surface area contributed by atoms with E-state index in [-0.39, 0.29) is 11.0 Å². The van der Waals surface area contributed by atoms with Crippen LogP contribution in [0.5, 0.6) is 0 Å². The molecule has 1 aliphatic rings. The van der Waals surface area contributed by atoms with Gasteiger partial charge in [0, 0.05) is 16.8 Å². The minimum Gasteiger partial charge on any atom is -0.350 e. The summed E-state index contributed by atoms with van der Waals surface area (Å²) in [5.41, 5.74) is 5.22. The Kier molecular flexibility index (Phi) is 4.85. The maximum atomic E-state index is 5.33. The Morgan fingerprint density at radius 3 is 1.77 bits per heavy atom. The third-order valence-electron chi connectivity index (χ3n) is 6.02. The van der Waals surface area contributed by atoms with Gasteiger partial charge in [-0.3, -0.25) is 0 Å². The Hall–Kier alpha value is -2.87. The van der Waals surface area contributed by atoms with Crippen LogP contribution in [-0.4, -0.2) is 11.3 Å². The van der Waals surface area contributed by atoms with Crippen LogP contribution in [0.2, 0.25) is 0 Å². The van der Waals surface area contributed by atoms with Crippen molar-refractivity contribution in [2.75, 3.05) is 4.90 Å². The van der Waals surface area contributed by atoms with Crippen molar-refractivity contribution in [2.45, 2.75) is 52.6 Å². The number of benzene rings is 3. The molecule has 1 heterocycles. The topological polar surface area (TPSA) is 15.6 Å². The molecule has 2 nitrogen and oxygen atoms in total. The summed E-state index contributed by atoms with van der Waals surface area (Å²) in [6, 6.07) is 30.0. The molecule has 154 valence electrons. The lowest BCUT2D eigenvalue weighted by atomic mass is 9.65. The fourth-order valence-electron chi connectivity index (χ4n) is 5.06. The minimum atomic E-state index is -0.411. The fourth-order valence-corrected chi connectivity index (χ4v) is 5.06. The monoisotopic (exact) mass is 396 g/mol. The van der Waals surface area contributed by atoms with Crippen LogP contribution in [0.4, 0.5) is 11.4 Å². The Morgan fingerprint density at radius 1 is 0.667 bits per heavy atom. The molecule has 0 radical (unpaired) electrons. The summed E-state index contributed by atoms with van der Waals surface area (Å²) in [4.78, 5) is 7.94. The molecule has 0 aliphatic carbocycles. The molecule has 0 spiro atoms. The molecular formula is C28H32N2. The van der Waals surface area contributed by atoms with Gasteiger partial charge in [0.2, 0.25) is 0 Å². The number of rotatable bonds is 2. The number of fused-ring (bicyclic) bond motifs is 1. The zero-order chi connectivity index (χ0) is 21.6.